The Balaban J connectivity index is 2.64. The van der Waals surface area contributed by atoms with Crippen LogP contribution in [-0.2, 0) is 4.74 Å². The SMILES string of the molecule is C=C1OC(O)C(CC)C1C. The fourth-order valence-corrected chi connectivity index (χ4v) is 1.39. The summed E-state index contributed by atoms with van der Waals surface area (Å²) in [5.74, 6) is 1.27. The first-order chi connectivity index (χ1) is 4.66. The third-order valence-electron chi connectivity index (χ3n) is 2.26. The van der Waals surface area contributed by atoms with Crippen LogP contribution in [0.5, 0.6) is 0 Å². The Labute approximate surface area is 61.5 Å². The Morgan fingerprint density at radius 1 is 1.70 bits per heavy atom. The number of allylic oxidation sites excluding steroid dienone is 1. The summed E-state index contributed by atoms with van der Waals surface area (Å²) >= 11 is 0. The molecule has 0 bridgehead atoms. The second-order valence-corrected chi connectivity index (χ2v) is 2.84. The number of hydrogen-bond donors (Lipinski definition) is 1. The van der Waals surface area contributed by atoms with Crippen molar-refractivity contribution >= 4 is 0 Å². The summed E-state index contributed by atoms with van der Waals surface area (Å²) in [5.41, 5.74) is 0. The lowest BCUT2D eigenvalue weighted by molar-refractivity contribution is -0.0645. The van der Waals surface area contributed by atoms with E-state index in [0.29, 0.717) is 5.92 Å². The van der Waals surface area contributed by atoms with Crippen LogP contribution in [0, 0.1) is 11.8 Å². The second-order valence-electron chi connectivity index (χ2n) is 2.84. The topological polar surface area (TPSA) is 29.5 Å². The molecule has 0 amide bonds. The van der Waals surface area contributed by atoms with Crippen molar-refractivity contribution in [3.63, 3.8) is 0 Å². The third-order valence-corrected chi connectivity index (χ3v) is 2.26. The first-order valence-corrected chi connectivity index (χ1v) is 3.70. The molecule has 1 rings (SSSR count). The maximum atomic E-state index is 9.25. The number of aliphatic hydroxyl groups is 1. The molecule has 3 unspecified atom stereocenters. The Morgan fingerprint density at radius 2 is 2.30 bits per heavy atom. The van der Waals surface area contributed by atoms with E-state index < -0.39 is 6.29 Å². The summed E-state index contributed by atoms with van der Waals surface area (Å²) in [6.45, 7) is 7.78. The van der Waals surface area contributed by atoms with Gasteiger partial charge in [-0.15, -0.1) is 0 Å². The zero-order valence-electron chi connectivity index (χ0n) is 6.50. The van der Waals surface area contributed by atoms with Crippen molar-refractivity contribution < 1.29 is 9.84 Å². The van der Waals surface area contributed by atoms with E-state index in [1.54, 1.807) is 0 Å². The number of rotatable bonds is 1. The predicted octanol–water partition coefficient (Wildman–Crippen LogP) is 1.51. The molecule has 2 nitrogen and oxygen atoms in total. The van der Waals surface area contributed by atoms with Crippen molar-refractivity contribution in [1.29, 1.82) is 0 Å². The molecule has 3 atom stereocenters. The van der Waals surface area contributed by atoms with Gasteiger partial charge in [0.25, 0.3) is 0 Å². The van der Waals surface area contributed by atoms with Gasteiger partial charge in [-0.1, -0.05) is 20.4 Å². The lowest BCUT2D eigenvalue weighted by Crippen LogP contribution is -2.17. The van der Waals surface area contributed by atoms with Crippen LogP contribution in [0.2, 0.25) is 0 Å². The fraction of sp³-hybridized carbons (Fsp3) is 0.750. The summed E-state index contributed by atoms with van der Waals surface area (Å²) < 4.78 is 5.04. The number of hydrogen-bond acceptors (Lipinski definition) is 2. The zero-order valence-corrected chi connectivity index (χ0v) is 6.50. The van der Waals surface area contributed by atoms with E-state index in [1.807, 2.05) is 13.8 Å². The Bertz CT molecular complexity index is 142. The minimum Gasteiger partial charge on any atom is -0.470 e. The molecule has 58 valence electrons. The smallest absolute Gasteiger partial charge is 0.200 e. The molecule has 1 aliphatic rings. The first-order valence-electron chi connectivity index (χ1n) is 3.70. The van der Waals surface area contributed by atoms with Crippen molar-refractivity contribution in [2.24, 2.45) is 11.8 Å². The summed E-state index contributed by atoms with van der Waals surface area (Å²) in [5, 5.41) is 9.25. The van der Waals surface area contributed by atoms with Crippen LogP contribution in [0.3, 0.4) is 0 Å². The van der Waals surface area contributed by atoms with E-state index >= 15 is 0 Å². The van der Waals surface area contributed by atoms with Gasteiger partial charge in [0.1, 0.15) is 0 Å². The zero-order chi connectivity index (χ0) is 7.72. The van der Waals surface area contributed by atoms with Crippen molar-refractivity contribution in [2.45, 2.75) is 26.6 Å². The van der Waals surface area contributed by atoms with E-state index in [4.69, 9.17) is 4.74 Å². The van der Waals surface area contributed by atoms with Crippen LogP contribution in [0.1, 0.15) is 20.3 Å². The lowest BCUT2D eigenvalue weighted by atomic mass is 9.93. The second kappa shape index (κ2) is 2.62. The molecule has 0 aromatic heterocycles. The Morgan fingerprint density at radius 3 is 2.50 bits per heavy atom. The summed E-state index contributed by atoms with van der Waals surface area (Å²) in [7, 11) is 0. The highest BCUT2D eigenvalue weighted by molar-refractivity contribution is 4.98. The van der Waals surface area contributed by atoms with Crippen LogP contribution in [-0.4, -0.2) is 11.4 Å². The van der Waals surface area contributed by atoms with Crippen LogP contribution < -0.4 is 0 Å². The molecule has 10 heavy (non-hydrogen) atoms. The van der Waals surface area contributed by atoms with Gasteiger partial charge in [-0.2, -0.15) is 0 Å². The predicted molar refractivity (Wildman–Crippen MR) is 39.2 cm³/mol. The standard InChI is InChI=1S/C8H14O2/c1-4-7-5(2)6(3)10-8(7)9/h5,7-9H,3-4H2,1-2H3. The van der Waals surface area contributed by atoms with Crippen LogP contribution in [0.25, 0.3) is 0 Å². The van der Waals surface area contributed by atoms with E-state index in [2.05, 4.69) is 6.58 Å². The summed E-state index contributed by atoms with van der Waals surface area (Å²) in [6.07, 6.45) is 0.328. The molecule has 0 aromatic rings. The molecular weight excluding hydrogens is 128 g/mol. The van der Waals surface area contributed by atoms with Gasteiger partial charge in [0, 0.05) is 11.8 Å². The lowest BCUT2D eigenvalue weighted by Gasteiger charge is -2.11. The molecule has 1 N–H and O–H groups in total. The van der Waals surface area contributed by atoms with Gasteiger partial charge in [-0.25, -0.2) is 0 Å². The van der Waals surface area contributed by atoms with Crippen LogP contribution in [0.4, 0.5) is 0 Å². The molecule has 0 aliphatic carbocycles. The van der Waals surface area contributed by atoms with Gasteiger partial charge in [0.2, 0.25) is 0 Å². The van der Waals surface area contributed by atoms with Gasteiger partial charge >= 0.3 is 0 Å². The van der Waals surface area contributed by atoms with E-state index in [0.717, 1.165) is 12.2 Å². The third kappa shape index (κ3) is 1.03. The molecule has 0 spiro atoms. The average molecular weight is 142 g/mol. The molecule has 0 saturated carbocycles. The molecule has 2 heteroatoms. The molecule has 0 aromatic carbocycles. The molecule has 1 heterocycles. The maximum Gasteiger partial charge on any atom is 0.200 e. The van der Waals surface area contributed by atoms with Crippen molar-refractivity contribution in [2.75, 3.05) is 0 Å². The highest BCUT2D eigenvalue weighted by atomic mass is 16.6. The highest BCUT2D eigenvalue weighted by Crippen LogP contribution is 2.34. The molecule has 1 fully saturated rings. The van der Waals surface area contributed by atoms with E-state index in [9.17, 15) is 5.11 Å². The van der Waals surface area contributed by atoms with Gasteiger partial charge in [0.05, 0.1) is 5.76 Å². The first kappa shape index (κ1) is 7.61. The number of aliphatic hydroxyl groups excluding tert-OH is 1. The van der Waals surface area contributed by atoms with Gasteiger partial charge in [0.15, 0.2) is 6.29 Å². The molecule has 1 saturated heterocycles. The molecule has 0 radical (unpaired) electrons. The maximum absolute atomic E-state index is 9.25. The summed E-state index contributed by atoms with van der Waals surface area (Å²) in [4.78, 5) is 0. The monoisotopic (exact) mass is 142 g/mol. The highest BCUT2D eigenvalue weighted by Gasteiger charge is 2.34. The van der Waals surface area contributed by atoms with E-state index in [1.165, 1.54) is 0 Å². The van der Waals surface area contributed by atoms with E-state index in [-0.39, 0.29) is 5.92 Å². The normalized spacial score (nSPS) is 39.9. The van der Waals surface area contributed by atoms with Gasteiger partial charge in [-0.05, 0) is 6.42 Å². The van der Waals surface area contributed by atoms with Crippen molar-refractivity contribution in [3.05, 3.63) is 12.3 Å². The molecule has 1 aliphatic heterocycles. The Kier molecular flexibility index (Phi) is 2.00. The van der Waals surface area contributed by atoms with Crippen molar-refractivity contribution in [1.82, 2.24) is 0 Å². The Hall–Kier alpha value is -0.500. The minimum absolute atomic E-state index is 0.243. The van der Waals surface area contributed by atoms with Crippen LogP contribution in [0.15, 0.2) is 12.3 Å². The van der Waals surface area contributed by atoms with Gasteiger partial charge < -0.3 is 9.84 Å². The van der Waals surface area contributed by atoms with Crippen LogP contribution >= 0.6 is 0 Å². The largest absolute Gasteiger partial charge is 0.470 e. The summed E-state index contributed by atoms with van der Waals surface area (Å²) in [6, 6.07) is 0. The quantitative estimate of drug-likeness (QED) is 0.601. The number of ether oxygens (including phenoxy) is 1. The fourth-order valence-electron chi connectivity index (χ4n) is 1.39. The minimum atomic E-state index is -0.618. The van der Waals surface area contributed by atoms with Gasteiger partial charge in [-0.3, -0.25) is 0 Å². The van der Waals surface area contributed by atoms with Crippen molar-refractivity contribution in [3.8, 4) is 0 Å². The average Bonchev–Trinajstić information content (AvgIpc) is 2.09. The molecular formula is C8H14O2.